The Morgan fingerprint density at radius 2 is 1.79 bits per heavy atom. The molecule has 6 nitrogen and oxygen atoms in total. The number of carbonyl (C=O) groups is 1. The van der Waals surface area contributed by atoms with Gasteiger partial charge in [0.2, 0.25) is 10.0 Å². The van der Waals surface area contributed by atoms with Crippen molar-refractivity contribution in [1.29, 1.82) is 0 Å². The molecule has 29 heavy (non-hydrogen) atoms. The quantitative estimate of drug-likeness (QED) is 0.782. The standard InChI is InChI=1S/C22H28N2O4S/c1-16(2)15-18(17-9-5-4-6-10-17)23-22(25)21-13-14-24(29(3,26)27)19-11-7-8-12-20(19)28-21/h4-12,16,18,21H,13-15H2,1-3H3,(H,23,25)/t18-,21-/m1/s1. The number of benzene rings is 2. The van der Waals surface area contributed by atoms with E-state index in [1.54, 1.807) is 24.3 Å². The summed E-state index contributed by atoms with van der Waals surface area (Å²) in [6.45, 7) is 4.42. The fourth-order valence-electron chi connectivity index (χ4n) is 3.56. The molecular weight excluding hydrogens is 388 g/mol. The molecule has 1 heterocycles. The first-order valence-electron chi connectivity index (χ1n) is 9.84. The molecule has 0 spiro atoms. The van der Waals surface area contributed by atoms with Crippen LogP contribution in [-0.2, 0) is 14.8 Å². The lowest BCUT2D eigenvalue weighted by Crippen LogP contribution is -2.41. The Morgan fingerprint density at radius 3 is 2.45 bits per heavy atom. The van der Waals surface area contributed by atoms with Crippen molar-refractivity contribution in [2.45, 2.75) is 38.8 Å². The maximum atomic E-state index is 13.1. The van der Waals surface area contributed by atoms with E-state index < -0.39 is 16.1 Å². The first kappa shape index (κ1) is 21.2. The molecule has 7 heteroatoms. The summed E-state index contributed by atoms with van der Waals surface area (Å²) >= 11 is 0. The zero-order chi connectivity index (χ0) is 21.0. The van der Waals surface area contributed by atoms with E-state index in [4.69, 9.17) is 4.74 Å². The van der Waals surface area contributed by atoms with E-state index in [-0.39, 0.29) is 24.9 Å². The van der Waals surface area contributed by atoms with Crippen molar-refractivity contribution in [2.24, 2.45) is 5.92 Å². The fourth-order valence-corrected chi connectivity index (χ4v) is 4.50. The van der Waals surface area contributed by atoms with Crippen molar-refractivity contribution in [3.8, 4) is 5.75 Å². The Bertz CT molecular complexity index is 944. The van der Waals surface area contributed by atoms with Gasteiger partial charge in [0.25, 0.3) is 5.91 Å². The summed E-state index contributed by atoms with van der Waals surface area (Å²) in [7, 11) is -3.47. The number of carbonyl (C=O) groups excluding carboxylic acids is 1. The molecule has 1 aliphatic rings. The number of sulfonamides is 1. The Morgan fingerprint density at radius 1 is 1.14 bits per heavy atom. The van der Waals surface area contributed by atoms with Crippen molar-refractivity contribution >= 4 is 21.6 Å². The normalized spacial score (nSPS) is 17.8. The van der Waals surface area contributed by atoms with Crippen molar-refractivity contribution in [1.82, 2.24) is 5.32 Å². The zero-order valence-corrected chi connectivity index (χ0v) is 17.9. The van der Waals surface area contributed by atoms with E-state index in [0.717, 1.165) is 18.2 Å². The molecule has 0 bridgehead atoms. The predicted molar refractivity (Wildman–Crippen MR) is 114 cm³/mol. The second kappa shape index (κ2) is 8.86. The molecular formula is C22H28N2O4S. The van der Waals surface area contributed by atoms with E-state index in [2.05, 4.69) is 19.2 Å². The molecule has 0 fully saturated rings. The third-order valence-corrected chi connectivity index (χ3v) is 6.10. The average Bonchev–Trinajstić information content (AvgIpc) is 2.87. The number of anilines is 1. The van der Waals surface area contributed by atoms with Crippen LogP contribution in [0.15, 0.2) is 54.6 Å². The van der Waals surface area contributed by atoms with Gasteiger partial charge in [-0.25, -0.2) is 8.42 Å². The second-order valence-electron chi connectivity index (χ2n) is 7.80. The van der Waals surface area contributed by atoms with Gasteiger partial charge < -0.3 is 10.1 Å². The van der Waals surface area contributed by atoms with E-state index in [0.29, 0.717) is 17.4 Å². The van der Waals surface area contributed by atoms with E-state index in [1.807, 2.05) is 30.3 Å². The molecule has 1 aliphatic heterocycles. The summed E-state index contributed by atoms with van der Waals surface area (Å²) in [4.78, 5) is 13.1. The first-order valence-corrected chi connectivity index (χ1v) is 11.7. The molecule has 156 valence electrons. The lowest BCUT2D eigenvalue weighted by Gasteiger charge is -2.24. The summed E-state index contributed by atoms with van der Waals surface area (Å²) < 4.78 is 31.7. The van der Waals surface area contributed by atoms with Gasteiger partial charge in [-0.2, -0.15) is 0 Å². The molecule has 0 saturated carbocycles. The molecule has 0 aliphatic carbocycles. The summed E-state index contributed by atoms with van der Waals surface area (Å²) in [5, 5.41) is 3.11. The number of hydrogen-bond donors (Lipinski definition) is 1. The van der Waals surface area contributed by atoms with Gasteiger partial charge in [0.1, 0.15) is 5.75 Å². The molecule has 2 atom stereocenters. The Kier molecular flexibility index (Phi) is 6.47. The summed E-state index contributed by atoms with van der Waals surface area (Å²) in [5.41, 5.74) is 1.51. The molecule has 3 rings (SSSR count). The van der Waals surface area contributed by atoms with Crippen LogP contribution in [0.4, 0.5) is 5.69 Å². The van der Waals surface area contributed by atoms with Crippen molar-refractivity contribution in [2.75, 3.05) is 17.1 Å². The maximum Gasteiger partial charge on any atom is 0.261 e. The number of ether oxygens (including phenoxy) is 1. The molecule has 2 aromatic rings. The largest absolute Gasteiger partial charge is 0.478 e. The highest BCUT2D eigenvalue weighted by atomic mass is 32.2. The molecule has 2 aromatic carbocycles. The Hall–Kier alpha value is -2.54. The smallest absolute Gasteiger partial charge is 0.261 e. The number of nitrogens with one attached hydrogen (secondary N) is 1. The maximum absolute atomic E-state index is 13.1. The Balaban J connectivity index is 1.82. The highest BCUT2D eigenvalue weighted by molar-refractivity contribution is 7.92. The number of fused-ring (bicyclic) bond motifs is 1. The van der Waals surface area contributed by atoms with Crippen LogP contribution >= 0.6 is 0 Å². The summed E-state index contributed by atoms with van der Waals surface area (Å²) in [5.74, 6) is 0.567. The number of para-hydroxylation sites is 2. The van der Waals surface area contributed by atoms with Crippen LogP contribution in [0.25, 0.3) is 0 Å². The van der Waals surface area contributed by atoms with Crippen LogP contribution in [0.3, 0.4) is 0 Å². The lowest BCUT2D eigenvalue weighted by molar-refractivity contribution is -0.129. The number of nitrogens with zero attached hydrogens (tertiary/aromatic N) is 1. The number of rotatable bonds is 6. The van der Waals surface area contributed by atoms with Crippen LogP contribution in [0.5, 0.6) is 5.75 Å². The highest BCUT2D eigenvalue weighted by Crippen LogP contribution is 2.34. The zero-order valence-electron chi connectivity index (χ0n) is 17.0. The summed E-state index contributed by atoms with van der Waals surface area (Å²) in [6.07, 6.45) is 1.48. The van der Waals surface area contributed by atoms with Crippen LogP contribution in [-0.4, -0.2) is 33.2 Å². The van der Waals surface area contributed by atoms with Crippen LogP contribution in [0.2, 0.25) is 0 Å². The number of amides is 1. The van der Waals surface area contributed by atoms with Gasteiger partial charge in [-0.15, -0.1) is 0 Å². The van der Waals surface area contributed by atoms with E-state index >= 15 is 0 Å². The van der Waals surface area contributed by atoms with Crippen molar-refractivity contribution in [3.63, 3.8) is 0 Å². The van der Waals surface area contributed by atoms with Crippen LogP contribution < -0.4 is 14.4 Å². The minimum Gasteiger partial charge on any atom is -0.478 e. The monoisotopic (exact) mass is 416 g/mol. The third-order valence-electron chi connectivity index (χ3n) is 4.92. The van der Waals surface area contributed by atoms with E-state index in [9.17, 15) is 13.2 Å². The minimum absolute atomic E-state index is 0.128. The second-order valence-corrected chi connectivity index (χ2v) is 9.71. The predicted octanol–water partition coefficient (Wildman–Crippen LogP) is 3.51. The molecule has 1 N–H and O–H groups in total. The van der Waals surface area contributed by atoms with Crippen LogP contribution in [0.1, 0.15) is 38.3 Å². The summed E-state index contributed by atoms with van der Waals surface area (Å²) in [6, 6.07) is 16.7. The molecule has 0 radical (unpaired) electrons. The molecule has 0 aromatic heterocycles. The van der Waals surface area contributed by atoms with Crippen molar-refractivity contribution in [3.05, 3.63) is 60.2 Å². The number of hydrogen-bond acceptors (Lipinski definition) is 4. The highest BCUT2D eigenvalue weighted by Gasteiger charge is 2.32. The van der Waals surface area contributed by atoms with Crippen LogP contribution in [0, 0.1) is 5.92 Å². The van der Waals surface area contributed by atoms with Gasteiger partial charge in [-0.05, 0) is 30.0 Å². The average molecular weight is 417 g/mol. The first-order chi connectivity index (χ1) is 13.8. The van der Waals surface area contributed by atoms with E-state index in [1.165, 1.54) is 4.31 Å². The SMILES string of the molecule is CC(C)C[C@@H](NC(=O)[C@H]1CCN(S(C)(=O)=O)c2ccccc2O1)c1ccccc1. The van der Waals surface area contributed by atoms with Gasteiger partial charge in [0.15, 0.2) is 6.10 Å². The fraction of sp³-hybridized carbons (Fsp3) is 0.409. The van der Waals surface area contributed by atoms with Crippen molar-refractivity contribution < 1.29 is 17.9 Å². The van der Waals surface area contributed by atoms with Gasteiger partial charge in [-0.1, -0.05) is 56.3 Å². The molecule has 0 saturated heterocycles. The molecule has 1 amide bonds. The van der Waals surface area contributed by atoms with Gasteiger partial charge in [0.05, 0.1) is 18.0 Å². The Labute approximate surface area is 172 Å². The van der Waals surface area contributed by atoms with Gasteiger partial charge >= 0.3 is 0 Å². The minimum atomic E-state index is -3.47. The van der Waals surface area contributed by atoms with Gasteiger partial charge in [-0.3, -0.25) is 9.10 Å². The molecule has 0 unspecified atom stereocenters. The topological polar surface area (TPSA) is 75.7 Å². The lowest BCUT2D eigenvalue weighted by atomic mass is 9.96. The third kappa shape index (κ3) is 5.29. The van der Waals surface area contributed by atoms with Gasteiger partial charge in [0, 0.05) is 13.0 Å².